The third-order valence-electron chi connectivity index (χ3n) is 5.34. The first kappa shape index (κ1) is 18.8. The fraction of sp³-hybridized carbons (Fsp3) is 0.381. The number of piperazine rings is 1. The molecule has 4 rings (SSSR count). The molecule has 1 fully saturated rings. The Morgan fingerprint density at radius 1 is 0.929 bits per heavy atom. The molecule has 7 heteroatoms. The number of carbonyl (C=O) groups is 3. The zero-order valence-electron chi connectivity index (χ0n) is 15.7. The first-order valence-corrected chi connectivity index (χ1v) is 10.5. The van der Waals surface area contributed by atoms with Crippen LogP contribution in [-0.2, 0) is 11.3 Å². The van der Waals surface area contributed by atoms with Gasteiger partial charge in [-0.05, 0) is 30.0 Å². The summed E-state index contributed by atoms with van der Waals surface area (Å²) in [7, 11) is 0. The molecule has 2 aromatic rings. The SMILES string of the molecule is O=C(CCCN1C(=O)c2ccccc2C1=O)N1CCN(Cc2cccs2)CC1. The van der Waals surface area contributed by atoms with Crippen molar-refractivity contribution in [2.75, 3.05) is 32.7 Å². The second-order valence-corrected chi connectivity index (χ2v) is 8.18. The van der Waals surface area contributed by atoms with Crippen LogP contribution in [0, 0.1) is 0 Å². The summed E-state index contributed by atoms with van der Waals surface area (Å²) < 4.78 is 0. The highest BCUT2D eigenvalue weighted by Crippen LogP contribution is 2.22. The maximum Gasteiger partial charge on any atom is 0.261 e. The van der Waals surface area contributed by atoms with E-state index in [1.165, 1.54) is 9.78 Å². The summed E-state index contributed by atoms with van der Waals surface area (Å²) >= 11 is 1.76. The Hall–Kier alpha value is -2.51. The molecule has 6 nitrogen and oxygen atoms in total. The minimum absolute atomic E-state index is 0.104. The molecule has 1 aromatic heterocycles. The summed E-state index contributed by atoms with van der Waals surface area (Å²) in [5, 5.41) is 2.09. The number of hydrogen-bond acceptors (Lipinski definition) is 5. The summed E-state index contributed by atoms with van der Waals surface area (Å²) in [6.45, 7) is 4.45. The van der Waals surface area contributed by atoms with Crippen molar-refractivity contribution < 1.29 is 14.4 Å². The standard InChI is InChI=1S/C21H23N3O3S/c25-19(23-12-10-22(11-13-23)15-16-5-4-14-28-16)8-3-9-24-20(26)17-6-1-2-7-18(17)21(24)27/h1-2,4-7,14H,3,8-13,15H2. The van der Waals surface area contributed by atoms with Crippen LogP contribution in [0.2, 0.25) is 0 Å². The van der Waals surface area contributed by atoms with Gasteiger partial charge in [-0.1, -0.05) is 18.2 Å². The maximum absolute atomic E-state index is 12.5. The van der Waals surface area contributed by atoms with Gasteiger partial charge in [0, 0.05) is 50.6 Å². The molecule has 0 saturated carbocycles. The average Bonchev–Trinajstić information content (AvgIpc) is 3.31. The van der Waals surface area contributed by atoms with Crippen molar-refractivity contribution in [2.24, 2.45) is 0 Å². The van der Waals surface area contributed by atoms with Gasteiger partial charge in [0.05, 0.1) is 11.1 Å². The van der Waals surface area contributed by atoms with E-state index in [1.54, 1.807) is 35.6 Å². The molecule has 0 bridgehead atoms. The van der Waals surface area contributed by atoms with Crippen molar-refractivity contribution in [1.82, 2.24) is 14.7 Å². The summed E-state index contributed by atoms with van der Waals surface area (Å²) in [5.41, 5.74) is 0.918. The molecule has 146 valence electrons. The van der Waals surface area contributed by atoms with E-state index in [0.29, 0.717) is 24.0 Å². The highest BCUT2D eigenvalue weighted by molar-refractivity contribution is 7.09. The molecule has 3 amide bonds. The van der Waals surface area contributed by atoms with Crippen molar-refractivity contribution in [3.63, 3.8) is 0 Å². The third kappa shape index (κ3) is 3.86. The lowest BCUT2D eigenvalue weighted by atomic mass is 10.1. The monoisotopic (exact) mass is 397 g/mol. The van der Waals surface area contributed by atoms with E-state index in [-0.39, 0.29) is 24.3 Å². The lowest BCUT2D eigenvalue weighted by Crippen LogP contribution is -2.48. The van der Waals surface area contributed by atoms with E-state index in [1.807, 2.05) is 4.90 Å². The molecule has 0 radical (unpaired) electrons. The Kier molecular flexibility index (Phi) is 5.54. The molecular weight excluding hydrogens is 374 g/mol. The van der Waals surface area contributed by atoms with Crippen LogP contribution in [0.5, 0.6) is 0 Å². The zero-order valence-corrected chi connectivity index (χ0v) is 16.5. The number of carbonyl (C=O) groups excluding carboxylic acids is 3. The Morgan fingerprint density at radius 3 is 2.21 bits per heavy atom. The molecule has 2 aliphatic rings. The quantitative estimate of drug-likeness (QED) is 0.703. The molecule has 0 N–H and O–H groups in total. The largest absolute Gasteiger partial charge is 0.340 e. The van der Waals surface area contributed by atoms with E-state index < -0.39 is 0 Å². The van der Waals surface area contributed by atoms with Crippen molar-refractivity contribution in [2.45, 2.75) is 19.4 Å². The fourth-order valence-electron chi connectivity index (χ4n) is 3.77. The topological polar surface area (TPSA) is 60.9 Å². The normalized spacial score (nSPS) is 17.3. The lowest BCUT2D eigenvalue weighted by Gasteiger charge is -2.34. The van der Waals surface area contributed by atoms with Gasteiger partial charge in [0.2, 0.25) is 5.91 Å². The van der Waals surface area contributed by atoms with Crippen LogP contribution < -0.4 is 0 Å². The molecule has 1 aromatic carbocycles. The molecular formula is C21H23N3O3S. The molecule has 2 aliphatic heterocycles. The van der Waals surface area contributed by atoms with Crippen molar-refractivity contribution in [3.05, 3.63) is 57.8 Å². The van der Waals surface area contributed by atoms with Crippen LogP contribution in [-0.4, -0.2) is 65.1 Å². The average molecular weight is 398 g/mol. The van der Waals surface area contributed by atoms with Gasteiger partial charge in [0.25, 0.3) is 11.8 Å². The second-order valence-electron chi connectivity index (χ2n) is 7.15. The van der Waals surface area contributed by atoms with Gasteiger partial charge in [0.1, 0.15) is 0 Å². The van der Waals surface area contributed by atoms with Gasteiger partial charge in [-0.15, -0.1) is 11.3 Å². The Labute approximate surface area is 168 Å². The van der Waals surface area contributed by atoms with Crippen molar-refractivity contribution >= 4 is 29.1 Å². The van der Waals surface area contributed by atoms with Gasteiger partial charge in [-0.2, -0.15) is 0 Å². The fourth-order valence-corrected chi connectivity index (χ4v) is 4.51. The molecule has 1 saturated heterocycles. The van der Waals surface area contributed by atoms with Gasteiger partial charge in [-0.3, -0.25) is 24.2 Å². The molecule has 0 aliphatic carbocycles. The molecule has 3 heterocycles. The number of rotatable bonds is 6. The van der Waals surface area contributed by atoms with E-state index in [9.17, 15) is 14.4 Å². The van der Waals surface area contributed by atoms with E-state index in [0.717, 1.165) is 32.7 Å². The van der Waals surface area contributed by atoms with Gasteiger partial charge in [-0.25, -0.2) is 0 Å². The van der Waals surface area contributed by atoms with Gasteiger partial charge < -0.3 is 4.90 Å². The summed E-state index contributed by atoms with van der Waals surface area (Å²) in [4.78, 5) is 44.1. The molecule has 28 heavy (non-hydrogen) atoms. The number of nitrogens with zero attached hydrogens (tertiary/aromatic N) is 3. The Bertz CT molecular complexity index is 838. The first-order chi connectivity index (χ1) is 13.6. The Morgan fingerprint density at radius 2 is 1.61 bits per heavy atom. The molecule has 0 spiro atoms. The summed E-state index contributed by atoms with van der Waals surface area (Å²) in [6, 6.07) is 11.1. The number of fused-ring (bicyclic) bond motifs is 1. The highest BCUT2D eigenvalue weighted by atomic mass is 32.1. The zero-order chi connectivity index (χ0) is 19.5. The number of thiophene rings is 1. The Balaban J connectivity index is 1.21. The van der Waals surface area contributed by atoms with Crippen LogP contribution in [0.1, 0.15) is 38.4 Å². The number of amides is 3. The molecule has 0 unspecified atom stereocenters. The smallest absolute Gasteiger partial charge is 0.261 e. The maximum atomic E-state index is 12.5. The van der Waals surface area contributed by atoms with Crippen LogP contribution in [0.3, 0.4) is 0 Å². The minimum Gasteiger partial charge on any atom is -0.340 e. The van der Waals surface area contributed by atoms with Gasteiger partial charge in [0.15, 0.2) is 0 Å². The van der Waals surface area contributed by atoms with Crippen LogP contribution in [0.4, 0.5) is 0 Å². The second kappa shape index (κ2) is 8.24. The summed E-state index contributed by atoms with van der Waals surface area (Å²) in [6.07, 6.45) is 0.859. The predicted octanol–water partition coefficient (Wildman–Crippen LogP) is 2.47. The van der Waals surface area contributed by atoms with E-state index in [4.69, 9.17) is 0 Å². The number of imide groups is 1. The molecule has 0 atom stereocenters. The van der Waals surface area contributed by atoms with Crippen LogP contribution >= 0.6 is 11.3 Å². The van der Waals surface area contributed by atoms with E-state index in [2.05, 4.69) is 22.4 Å². The highest BCUT2D eigenvalue weighted by Gasteiger charge is 2.34. The minimum atomic E-state index is -0.254. The van der Waals surface area contributed by atoms with E-state index >= 15 is 0 Å². The number of benzene rings is 1. The van der Waals surface area contributed by atoms with Crippen LogP contribution in [0.15, 0.2) is 41.8 Å². The van der Waals surface area contributed by atoms with Crippen LogP contribution in [0.25, 0.3) is 0 Å². The first-order valence-electron chi connectivity index (χ1n) is 9.61. The summed E-state index contributed by atoms with van der Waals surface area (Å²) in [5.74, 6) is -0.405. The lowest BCUT2D eigenvalue weighted by molar-refractivity contribution is -0.133. The van der Waals surface area contributed by atoms with Gasteiger partial charge >= 0.3 is 0 Å². The predicted molar refractivity (Wildman–Crippen MR) is 107 cm³/mol. The van der Waals surface area contributed by atoms with Crippen molar-refractivity contribution in [3.8, 4) is 0 Å². The third-order valence-corrected chi connectivity index (χ3v) is 6.20. The van der Waals surface area contributed by atoms with Crippen molar-refractivity contribution in [1.29, 1.82) is 0 Å². The number of hydrogen-bond donors (Lipinski definition) is 0.